The van der Waals surface area contributed by atoms with Crippen molar-refractivity contribution in [1.29, 1.82) is 0 Å². The van der Waals surface area contributed by atoms with E-state index in [4.69, 9.17) is 9.97 Å². The lowest BCUT2D eigenvalue weighted by molar-refractivity contribution is 1.13. The molecule has 4 heterocycles. The molecule has 0 saturated heterocycles. The van der Waals surface area contributed by atoms with Gasteiger partial charge in [0, 0.05) is 55.0 Å². The van der Waals surface area contributed by atoms with Crippen molar-refractivity contribution >= 4 is 43.6 Å². The highest BCUT2D eigenvalue weighted by molar-refractivity contribution is 6.17. The van der Waals surface area contributed by atoms with Crippen LogP contribution in [-0.4, -0.2) is 19.1 Å². The number of aromatic nitrogens is 4. The van der Waals surface area contributed by atoms with Crippen LogP contribution in [0, 0.1) is 0 Å². The smallest absolute Gasteiger partial charge is 0.160 e. The summed E-state index contributed by atoms with van der Waals surface area (Å²) in [5.74, 6) is 0.692. The molecule has 4 heteroatoms. The zero-order chi connectivity index (χ0) is 36.7. The fraction of sp³-hybridized carbons (Fsp3) is 0. The standard InChI is InChI=1S/C52H32N4/c1-3-16-33(17-4-1)44-32-45(54-52(53-44)34-18-5-2-6-19-34)43-30-35(55-46-27-12-9-21-37(46)38-22-10-13-28-47(38)55)31-49-50(43)40-24-8-7-20-36(40)41-25-15-26-42-39-23-11-14-29-48(39)56(49)51(41)42/h1-32H. The highest BCUT2D eigenvalue weighted by Crippen LogP contribution is 2.50. The molecule has 1 aliphatic rings. The van der Waals surface area contributed by atoms with E-state index in [0.29, 0.717) is 5.82 Å². The molecule has 3 aromatic heterocycles. The Hall–Kier alpha value is -7.56. The summed E-state index contributed by atoms with van der Waals surface area (Å²) >= 11 is 0. The molecule has 0 radical (unpaired) electrons. The second-order valence-electron chi connectivity index (χ2n) is 14.6. The van der Waals surface area contributed by atoms with E-state index in [-0.39, 0.29) is 0 Å². The number of fused-ring (bicyclic) bond motifs is 11. The second-order valence-corrected chi connectivity index (χ2v) is 14.6. The zero-order valence-corrected chi connectivity index (χ0v) is 30.3. The average molecular weight is 713 g/mol. The van der Waals surface area contributed by atoms with Crippen LogP contribution in [0.3, 0.4) is 0 Å². The number of rotatable bonds is 4. The summed E-state index contributed by atoms with van der Waals surface area (Å²) in [6.07, 6.45) is 0. The summed E-state index contributed by atoms with van der Waals surface area (Å²) < 4.78 is 4.94. The van der Waals surface area contributed by atoms with Crippen LogP contribution in [0.4, 0.5) is 0 Å². The van der Waals surface area contributed by atoms with Crippen molar-refractivity contribution in [3.05, 3.63) is 194 Å². The lowest BCUT2D eigenvalue weighted by Gasteiger charge is -2.21. The van der Waals surface area contributed by atoms with Crippen LogP contribution in [0.2, 0.25) is 0 Å². The van der Waals surface area contributed by atoms with Crippen molar-refractivity contribution < 1.29 is 0 Å². The third-order valence-corrected chi connectivity index (χ3v) is 11.5. The minimum absolute atomic E-state index is 0.692. The van der Waals surface area contributed by atoms with E-state index in [9.17, 15) is 0 Å². The number of hydrogen-bond acceptors (Lipinski definition) is 2. The van der Waals surface area contributed by atoms with Crippen molar-refractivity contribution in [1.82, 2.24) is 19.1 Å². The molecule has 260 valence electrons. The van der Waals surface area contributed by atoms with Gasteiger partial charge in [0.1, 0.15) is 0 Å². The Morgan fingerprint density at radius 1 is 0.339 bits per heavy atom. The number of hydrogen-bond donors (Lipinski definition) is 0. The van der Waals surface area contributed by atoms with Gasteiger partial charge in [0.2, 0.25) is 0 Å². The molecule has 12 rings (SSSR count). The van der Waals surface area contributed by atoms with Gasteiger partial charge in [0.25, 0.3) is 0 Å². The van der Waals surface area contributed by atoms with Crippen molar-refractivity contribution in [3.63, 3.8) is 0 Å². The van der Waals surface area contributed by atoms with E-state index in [1.807, 2.05) is 6.07 Å². The van der Waals surface area contributed by atoms with E-state index in [0.717, 1.165) is 56.0 Å². The molecule has 0 N–H and O–H groups in total. The monoisotopic (exact) mass is 712 g/mol. The van der Waals surface area contributed by atoms with Gasteiger partial charge in [-0.25, -0.2) is 9.97 Å². The molecule has 0 atom stereocenters. The topological polar surface area (TPSA) is 35.6 Å². The SMILES string of the molecule is c1ccc(-c2cc(-c3cc(-n4c5ccccc5c5ccccc54)cc4c3-c3ccccc3-c3cccc5c6ccccc6n-4c35)nc(-c3ccccc3)n2)cc1. The van der Waals surface area contributed by atoms with Gasteiger partial charge in [0.05, 0.1) is 39.1 Å². The Morgan fingerprint density at radius 3 is 1.55 bits per heavy atom. The lowest BCUT2D eigenvalue weighted by Crippen LogP contribution is -2.04. The maximum Gasteiger partial charge on any atom is 0.160 e. The van der Waals surface area contributed by atoms with Crippen LogP contribution in [0.1, 0.15) is 0 Å². The highest BCUT2D eigenvalue weighted by atomic mass is 15.0. The van der Waals surface area contributed by atoms with Gasteiger partial charge in [-0.15, -0.1) is 0 Å². The summed E-state index contributed by atoms with van der Waals surface area (Å²) in [6, 6.07) is 69.7. The Labute approximate surface area is 323 Å². The van der Waals surface area contributed by atoms with Gasteiger partial charge in [-0.2, -0.15) is 0 Å². The molecule has 0 saturated carbocycles. The minimum atomic E-state index is 0.692. The van der Waals surface area contributed by atoms with Crippen molar-refractivity contribution in [2.45, 2.75) is 0 Å². The molecule has 56 heavy (non-hydrogen) atoms. The van der Waals surface area contributed by atoms with Crippen LogP contribution in [0.25, 0.3) is 111 Å². The Bertz CT molecular complexity index is 3240. The maximum atomic E-state index is 5.48. The van der Waals surface area contributed by atoms with Gasteiger partial charge < -0.3 is 9.13 Å². The fourth-order valence-electron chi connectivity index (χ4n) is 9.08. The van der Waals surface area contributed by atoms with Gasteiger partial charge in [-0.1, -0.05) is 158 Å². The Kier molecular flexibility index (Phi) is 6.60. The summed E-state index contributed by atoms with van der Waals surface area (Å²) in [7, 11) is 0. The first-order valence-corrected chi connectivity index (χ1v) is 19.1. The molecule has 0 spiro atoms. The van der Waals surface area contributed by atoms with Crippen LogP contribution < -0.4 is 0 Å². The number of para-hydroxylation sites is 4. The summed E-state index contributed by atoms with van der Waals surface area (Å²) in [5, 5.41) is 4.93. The van der Waals surface area contributed by atoms with Crippen LogP contribution in [0.15, 0.2) is 194 Å². The zero-order valence-electron chi connectivity index (χ0n) is 30.3. The fourth-order valence-corrected chi connectivity index (χ4v) is 9.08. The molecule has 8 aromatic carbocycles. The van der Waals surface area contributed by atoms with E-state index in [2.05, 4.69) is 197 Å². The van der Waals surface area contributed by atoms with Crippen molar-refractivity contribution in [2.75, 3.05) is 0 Å². The molecule has 0 amide bonds. The van der Waals surface area contributed by atoms with E-state index in [1.54, 1.807) is 0 Å². The predicted molar refractivity (Wildman–Crippen MR) is 231 cm³/mol. The highest BCUT2D eigenvalue weighted by Gasteiger charge is 2.29. The van der Waals surface area contributed by atoms with E-state index < -0.39 is 0 Å². The number of nitrogens with zero attached hydrogens (tertiary/aromatic N) is 4. The molecule has 0 aliphatic carbocycles. The molecule has 1 aliphatic heterocycles. The number of benzene rings is 8. The van der Waals surface area contributed by atoms with Gasteiger partial charge in [0.15, 0.2) is 5.82 Å². The largest absolute Gasteiger partial charge is 0.309 e. The predicted octanol–water partition coefficient (Wildman–Crippen LogP) is 13.3. The van der Waals surface area contributed by atoms with Crippen LogP contribution in [-0.2, 0) is 0 Å². The Balaban J connectivity index is 1.29. The van der Waals surface area contributed by atoms with E-state index in [1.165, 1.54) is 49.3 Å². The molecule has 4 nitrogen and oxygen atoms in total. The first kappa shape index (κ1) is 30.9. The van der Waals surface area contributed by atoms with Crippen molar-refractivity contribution in [2.24, 2.45) is 0 Å². The molecule has 0 unspecified atom stereocenters. The first-order chi connectivity index (χ1) is 27.8. The molecule has 0 bridgehead atoms. The first-order valence-electron chi connectivity index (χ1n) is 19.1. The third-order valence-electron chi connectivity index (χ3n) is 11.5. The van der Waals surface area contributed by atoms with E-state index >= 15 is 0 Å². The average Bonchev–Trinajstić information content (AvgIpc) is 3.75. The van der Waals surface area contributed by atoms with Gasteiger partial charge in [-0.3, -0.25) is 0 Å². The summed E-state index contributed by atoms with van der Waals surface area (Å²) in [5.41, 5.74) is 16.4. The maximum absolute atomic E-state index is 5.48. The van der Waals surface area contributed by atoms with Crippen LogP contribution in [0.5, 0.6) is 0 Å². The molecular formula is C52H32N4. The quantitative estimate of drug-likeness (QED) is 0.182. The molecule has 0 fully saturated rings. The minimum Gasteiger partial charge on any atom is -0.309 e. The summed E-state index contributed by atoms with van der Waals surface area (Å²) in [6.45, 7) is 0. The van der Waals surface area contributed by atoms with Crippen LogP contribution >= 0.6 is 0 Å². The third kappa shape index (κ3) is 4.47. The Morgan fingerprint density at radius 2 is 0.857 bits per heavy atom. The lowest BCUT2D eigenvalue weighted by atomic mass is 9.89. The second kappa shape index (κ2) is 12.0. The normalized spacial score (nSPS) is 11.9. The van der Waals surface area contributed by atoms with Crippen molar-refractivity contribution in [3.8, 4) is 67.5 Å². The van der Waals surface area contributed by atoms with Gasteiger partial charge >= 0.3 is 0 Å². The van der Waals surface area contributed by atoms with Gasteiger partial charge in [-0.05, 0) is 47.5 Å². The molecular weight excluding hydrogens is 681 g/mol. The summed E-state index contributed by atoms with van der Waals surface area (Å²) in [4.78, 5) is 10.7. The molecule has 11 aromatic rings.